The number of aliphatic hydroxyl groups is 1. The number of hydrogen-bond donors (Lipinski definition) is 1. The van der Waals surface area contributed by atoms with Gasteiger partial charge < -0.3 is 10.0 Å². The molecule has 2 bridgehead atoms. The van der Waals surface area contributed by atoms with Gasteiger partial charge in [0.1, 0.15) is 5.82 Å². The standard InChI is InChI=1S/C20H20F2N2O2/c21-14-5-3-13(4-6-14)10-18(25)24-15-7-8-16(24)12-20(26,11-15)17-2-1-9-23-19(17)22/h1-6,9,15-16,26H,7-8,10-12H2/t15-,16-/m1/s1. The lowest BCUT2D eigenvalue weighted by Crippen LogP contribution is -2.52. The molecule has 2 fully saturated rings. The van der Waals surface area contributed by atoms with Crippen molar-refractivity contribution in [3.05, 3.63) is 65.5 Å². The number of fused-ring (bicyclic) bond motifs is 2. The first-order chi connectivity index (χ1) is 12.5. The fourth-order valence-electron chi connectivity index (χ4n) is 4.45. The first kappa shape index (κ1) is 17.1. The van der Waals surface area contributed by atoms with E-state index in [2.05, 4.69) is 4.98 Å². The highest BCUT2D eigenvalue weighted by Crippen LogP contribution is 2.46. The highest BCUT2D eigenvalue weighted by atomic mass is 19.1. The molecule has 0 unspecified atom stereocenters. The van der Waals surface area contributed by atoms with E-state index in [9.17, 15) is 18.7 Å². The van der Waals surface area contributed by atoms with Gasteiger partial charge in [-0.15, -0.1) is 0 Å². The average Bonchev–Trinajstić information content (AvgIpc) is 2.90. The summed E-state index contributed by atoms with van der Waals surface area (Å²) < 4.78 is 27.1. The molecule has 0 radical (unpaired) electrons. The molecular weight excluding hydrogens is 338 g/mol. The smallest absolute Gasteiger partial charge is 0.227 e. The van der Waals surface area contributed by atoms with Crippen molar-refractivity contribution in [3.8, 4) is 0 Å². The van der Waals surface area contributed by atoms with E-state index in [1.807, 2.05) is 4.90 Å². The van der Waals surface area contributed by atoms with E-state index in [1.165, 1.54) is 18.3 Å². The molecule has 0 saturated carbocycles. The molecule has 1 aromatic carbocycles. The zero-order valence-electron chi connectivity index (χ0n) is 14.2. The Kier molecular flexibility index (Phi) is 4.23. The summed E-state index contributed by atoms with van der Waals surface area (Å²) >= 11 is 0. The second-order valence-electron chi connectivity index (χ2n) is 7.27. The normalized spacial score (nSPS) is 27.6. The van der Waals surface area contributed by atoms with Gasteiger partial charge in [-0.2, -0.15) is 4.39 Å². The number of amides is 1. The van der Waals surface area contributed by atoms with Crippen molar-refractivity contribution in [2.75, 3.05) is 0 Å². The van der Waals surface area contributed by atoms with Crippen LogP contribution in [0.1, 0.15) is 36.8 Å². The summed E-state index contributed by atoms with van der Waals surface area (Å²) in [5.74, 6) is -1.01. The molecule has 2 saturated heterocycles. The second kappa shape index (κ2) is 6.43. The van der Waals surface area contributed by atoms with Crippen LogP contribution < -0.4 is 0 Å². The van der Waals surface area contributed by atoms with E-state index < -0.39 is 11.5 Å². The molecule has 6 heteroatoms. The zero-order chi connectivity index (χ0) is 18.3. The van der Waals surface area contributed by atoms with Crippen LogP contribution in [0.4, 0.5) is 8.78 Å². The Bertz CT molecular complexity index is 811. The van der Waals surface area contributed by atoms with E-state index in [1.54, 1.807) is 24.3 Å². The Hall–Kier alpha value is -2.34. The quantitative estimate of drug-likeness (QED) is 0.859. The van der Waals surface area contributed by atoms with Gasteiger partial charge in [-0.05, 0) is 36.6 Å². The number of piperidine rings is 1. The van der Waals surface area contributed by atoms with Gasteiger partial charge in [-0.25, -0.2) is 9.37 Å². The Balaban J connectivity index is 1.52. The fourth-order valence-corrected chi connectivity index (χ4v) is 4.45. The SMILES string of the molecule is O=C(Cc1ccc(F)cc1)N1[C@@H]2CC[C@@H]1CC(O)(c1cccnc1F)C2. The molecule has 2 aliphatic rings. The summed E-state index contributed by atoms with van der Waals surface area (Å²) in [6.45, 7) is 0. The predicted octanol–water partition coefficient (Wildman–Crippen LogP) is 2.94. The maximum atomic E-state index is 14.1. The van der Waals surface area contributed by atoms with Gasteiger partial charge in [-0.3, -0.25) is 4.79 Å². The second-order valence-corrected chi connectivity index (χ2v) is 7.27. The summed E-state index contributed by atoms with van der Waals surface area (Å²) in [6.07, 6.45) is 3.77. The molecule has 4 nitrogen and oxygen atoms in total. The van der Waals surface area contributed by atoms with Crippen LogP contribution in [0.5, 0.6) is 0 Å². The maximum absolute atomic E-state index is 14.1. The number of rotatable bonds is 3. The van der Waals surface area contributed by atoms with Crippen molar-refractivity contribution in [1.82, 2.24) is 9.88 Å². The molecule has 0 spiro atoms. The first-order valence-corrected chi connectivity index (χ1v) is 8.85. The molecule has 1 N–H and O–H groups in total. The molecule has 2 aliphatic heterocycles. The minimum absolute atomic E-state index is 0.0298. The largest absolute Gasteiger partial charge is 0.385 e. The van der Waals surface area contributed by atoms with Gasteiger partial charge in [0.25, 0.3) is 0 Å². The summed E-state index contributed by atoms with van der Waals surface area (Å²) in [5.41, 5.74) is -0.325. The van der Waals surface area contributed by atoms with Crippen LogP contribution >= 0.6 is 0 Å². The Morgan fingerprint density at radius 2 is 1.81 bits per heavy atom. The van der Waals surface area contributed by atoms with Crippen molar-refractivity contribution in [1.29, 1.82) is 0 Å². The number of carbonyl (C=O) groups excluding carboxylic acids is 1. The van der Waals surface area contributed by atoms with Gasteiger partial charge in [0.15, 0.2) is 0 Å². The number of hydrogen-bond acceptors (Lipinski definition) is 3. The number of pyridine rings is 1. The van der Waals surface area contributed by atoms with E-state index in [4.69, 9.17) is 0 Å². The third-order valence-electron chi connectivity index (χ3n) is 5.58. The van der Waals surface area contributed by atoms with E-state index in [0.29, 0.717) is 12.8 Å². The van der Waals surface area contributed by atoms with E-state index in [0.717, 1.165) is 18.4 Å². The summed E-state index contributed by atoms with van der Waals surface area (Å²) in [5, 5.41) is 11.1. The molecule has 0 aliphatic carbocycles. The van der Waals surface area contributed by atoms with Crippen molar-refractivity contribution in [2.45, 2.75) is 49.8 Å². The summed E-state index contributed by atoms with van der Waals surface area (Å²) in [6, 6.07) is 8.86. The molecule has 26 heavy (non-hydrogen) atoms. The lowest BCUT2D eigenvalue weighted by molar-refractivity contribution is -0.141. The number of nitrogens with zero attached hydrogens (tertiary/aromatic N) is 2. The minimum Gasteiger partial charge on any atom is -0.385 e. The van der Waals surface area contributed by atoms with E-state index >= 15 is 0 Å². The van der Waals surface area contributed by atoms with Crippen LogP contribution in [0.3, 0.4) is 0 Å². The van der Waals surface area contributed by atoms with Crippen LogP contribution in [0.25, 0.3) is 0 Å². The summed E-state index contributed by atoms with van der Waals surface area (Å²) in [4.78, 5) is 18.3. The molecule has 2 atom stereocenters. The van der Waals surface area contributed by atoms with Crippen LogP contribution in [0.15, 0.2) is 42.6 Å². The molecular formula is C20H20F2N2O2. The summed E-state index contributed by atoms with van der Waals surface area (Å²) in [7, 11) is 0. The fraction of sp³-hybridized carbons (Fsp3) is 0.400. The van der Waals surface area contributed by atoms with Crippen molar-refractivity contribution >= 4 is 5.91 Å². The van der Waals surface area contributed by atoms with Gasteiger partial charge in [-0.1, -0.05) is 18.2 Å². The Labute approximate surface area is 150 Å². The van der Waals surface area contributed by atoms with Gasteiger partial charge >= 0.3 is 0 Å². The minimum atomic E-state index is -1.29. The van der Waals surface area contributed by atoms with Crippen molar-refractivity contribution in [3.63, 3.8) is 0 Å². The zero-order valence-corrected chi connectivity index (χ0v) is 14.2. The molecule has 2 aromatic rings. The number of carbonyl (C=O) groups is 1. The average molecular weight is 358 g/mol. The Morgan fingerprint density at radius 3 is 2.42 bits per heavy atom. The van der Waals surface area contributed by atoms with Crippen LogP contribution in [-0.2, 0) is 16.8 Å². The lowest BCUT2D eigenvalue weighted by atomic mass is 9.81. The number of benzene rings is 1. The van der Waals surface area contributed by atoms with Gasteiger partial charge in [0.05, 0.1) is 12.0 Å². The van der Waals surface area contributed by atoms with Gasteiger partial charge in [0, 0.05) is 36.7 Å². The number of halogens is 2. The monoisotopic (exact) mass is 358 g/mol. The van der Waals surface area contributed by atoms with Crippen molar-refractivity contribution < 1.29 is 18.7 Å². The third kappa shape index (κ3) is 2.98. The first-order valence-electron chi connectivity index (χ1n) is 8.85. The van der Waals surface area contributed by atoms with Crippen LogP contribution in [0, 0.1) is 11.8 Å². The molecule has 1 aromatic heterocycles. The van der Waals surface area contributed by atoms with Gasteiger partial charge in [0.2, 0.25) is 11.9 Å². The molecule has 1 amide bonds. The van der Waals surface area contributed by atoms with Crippen LogP contribution in [0.2, 0.25) is 0 Å². The van der Waals surface area contributed by atoms with Crippen molar-refractivity contribution in [2.24, 2.45) is 0 Å². The molecule has 136 valence electrons. The predicted molar refractivity (Wildman–Crippen MR) is 91.1 cm³/mol. The van der Waals surface area contributed by atoms with Crippen LogP contribution in [-0.4, -0.2) is 33.0 Å². The Morgan fingerprint density at radius 1 is 1.15 bits per heavy atom. The highest BCUT2D eigenvalue weighted by molar-refractivity contribution is 5.80. The molecule has 4 rings (SSSR count). The lowest BCUT2D eigenvalue weighted by Gasteiger charge is -2.44. The molecule has 3 heterocycles. The maximum Gasteiger partial charge on any atom is 0.227 e. The topological polar surface area (TPSA) is 53.4 Å². The highest BCUT2D eigenvalue weighted by Gasteiger charge is 2.50. The third-order valence-corrected chi connectivity index (χ3v) is 5.58. The number of aromatic nitrogens is 1. The van der Waals surface area contributed by atoms with E-state index in [-0.39, 0.29) is 35.8 Å².